The Balaban J connectivity index is 1.35. The number of benzene rings is 5. The fourth-order valence-corrected chi connectivity index (χ4v) is 6.00. The number of carbonyl (C=O) groups excluding carboxylic acids is 3. The molecule has 0 heterocycles. The molecule has 248 valence electrons. The Morgan fingerprint density at radius 3 is 2.14 bits per heavy atom. The fraction of sp³-hybridized carbons (Fsp3) is 0.103. The standard InChI is InChI=1S/C39H34ClN3O5S/c1-25-21-33(35(48-3)24-32(25)40)42-39(46)36(27-12-6-4-7-13-27)49-31-19-17-29(18-20-31)41-38(45)34(23-26-11-10-16-30(22-26)47-2)43-37(44)28-14-8-5-9-15-28/h4-24,36H,1-3H3,(H,41,45)(H,42,46)(H,43,44)/b34-23-. The van der Waals surface area contributed by atoms with Crippen molar-refractivity contribution in [2.24, 2.45) is 0 Å². The van der Waals surface area contributed by atoms with Gasteiger partial charge in [0, 0.05) is 27.2 Å². The Morgan fingerprint density at radius 1 is 0.776 bits per heavy atom. The third-order valence-electron chi connectivity index (χ3n) is 7.38. The van der Waals surface area contributed by atoms with Gasteiger partial charge < -0.3 is 25.4 Å². The minimum atomic E-state index is -0.604. The highest BCUT2D eigenvalue weighted by Gasteiger charge is 2.24. The number of anilines is 2. The minimum Gasteiger partial charge on any atom is -0.497 e. The maximum absolute atomic E-state index is 13.7. The van der Waals surface area contributed by atoms with Gasteiger partial charge in [0.15, 0.2) is 0 Å². The van der Waals surface area contributed by atoms with Gasteiger partial charge in [0.05, 0.1) is 19.9 Å². The van der Waals surface area contributed by atoms with Crippen LogP contribution in [0, 0.1) is 6.92 Å². The largest absolute Gasteiger partial charge is 0.497 e. The summed E-state index contributed by atoms with van der Waals surface area (Å²) in [7, 11) is 3.08. The summed E-state index contributed by atoms with van der Waals surface area (Å²) in [4.78, 5) is 41.1. The summed E-state index contributed by atoms with van der Waals surface area (Å²) in [5.41, 5.74) is 3.77. The molecule has 10 heteroatoms. The Bertz CT molecular complexity index is 1970. The molecule has 1 atom stereocenters. The monoisotopic (exact) mass is 691 g/mol. The minimum absolute atomic E-state index is 0.0502. The quantitative estimate of drug-likeness (QED) is 0.0895. The van der Waals surface area contributed by atoms with E-state index in [0.29, 0.717) is 39.0 Å². The Kier molecular flexibility index (Phi) is 11.8. The molecule has 0 saturated carbocycles. The molecular weight excluding hydrogens is 658 g/mol. The van der Waals surface area contributed by atoms with Crippen LogP contribution >= 0.6 is 23.4 Å². The van der Waals surface area contributed by atoms with E-state index in [4.69, 9.17) is 21.1 Å². The number of carbonyl (C=O) groups is 3. The molecule has 0 radical (unpaired) electrons. The molecule has 5 aromatic rings. The van der Waals surface area contributed by atoms with Gasteiger partial charge in [0.1, 0.15) is 22.4 Å². The summed E-state index contributed by atoms with van der Waals surface area (Å²) < 4.78 is 10.8. The van der Waals surface area contributed by atoms with Crippen molar-refractivity contribution in [3.8, 4) is 11.5 Å². The summed E-state index contributed by atoms with van der Waals surface area (Å²) in [6.07, 6.45) is 1.59. The van der Waals surface area contributed by atoms with Crippen LogP contribution < -0.4 is 25.4 Å². The van der Waals surface area contributed by atoms with E-state index in [9.17, 15) is 14.4 Å². The zero-order valence-electron chi connectivity index (χ0n) is 27.0. The molecule has 0 aliphatic carbocycles. The van der Waals surface area contributed by atoms with Crippen LogP contribution in [0.15, 0.2) is 132 Å². The van der Waals surface area contributed by atoms with Crippen molar-refractivity contribution < 1.29 is 23.9 Å². The number of hydrogen-bond donors (Lipinski definition) is 3. The van der Waals surface area contributed by atoms with Crippen molar-refractivity contribution in [1.82, 2.24) is 5.32 Å². The van der Waals surface area contributed by atoms with E-state index in [-0.39, 0.29) is 11.6 Å². The first-order chi connectivity index (χ1) is 23.7. The summed E-state index contributed by atoms with van der Waals surface area (Å²) in [5, 5.41) is 8.56. The number of amides is 3. The van der Waals surface area contributed by atoms with E-state index in [2.05, 4.69) is 16.0 Å². The van der Waals surface area contributed by atoms with Crippen LogP contribution in [0.3, 0.4) is 0 Å². The summed E-state index contributed by atoms with van der Waals surface area (Å²) in [5.74, 6) is -0.105. The Morgan fingerprint density at radius 2 is 1.47 bits per heavy atom. The predicted molar refractivity (Wildman–Crippen MR) is 196 cm³/mol. The van der Waals surface area contributed by atoms with E-state index in [1.54, 1.807) is 86.0 Å². The number of aryl methyl sites for hydroxylation is 1. The highest BCUT2D eigenvalue weighted by Crippen LogP contribution is 2.38. The van der Waals surface area contributed by atoms with Crippen molar-refractivity contribution in [1.29, 1.82) is 0 Å². The molecular formula is C39H34ClN3O5S. The number of ether oxygens (including phenoxy) is 2. The molecule has 8 nitrogen and oxygen atoms in total. The van der Waals surface area contributed by atoms with Crippen LogP contribution in [-0.4, -0.2) is 31.9 Å². The molecule has 0 aromatic heterocycles. The second-order valence-corrected chi connectivity index (χ2v) is 12.4. The molecule has 0 saturated heterocycles. The Labute approximate surface area is 294 Å². The maximum atomic E-state index is 13.7. The first-order valence-electron chi connectivity index (χ1n) is 15.2. The molecule has 0 bridgehead atoms. The second kappa shape index (κ2) is 16.5. The lowest BCUT2D eigenvalue weighted by molar-refractivity contribution is -0.116. The van der Waals surface area contributed by atoms with E-state index in [1.165, 1.54) is 18.9 Å². The van der Waals surface area contributed by atoms with E-state index in [0.717, 1.165) is 16.0 Å². The SMILES string of the molecule is COc1cccc(/C=C(\NC(=O)c2ccccc2)C(=O)Nc2ccc(SC(C(=O)Nc3cc(C)c(Cl)cc3OC)c3ccccc3)cc2)c1. The van der Waals surface area contributed by atoms with Gasteiger partial charge in [-0.2, -0.15) is 0 Å². The second-order valence-electron chi connectivity index (χ2n) is 10.8. The lowest BCUT2D eigenvalue weighted by Gasteiger charge is -2.19. The predicted octanol–water partition coefficient (Wildman–Crippen LogP) is 8.55. The van der Waals surface area contributed by atoms with Crippen molar-refractivity contribution in [2.75, 3.05) is 24.9 Å². The molecule has 5 rings (SSSR count). The molecule has 3 N–H and O–H groups in total. The number of thioether (sulfide) groups is 1. The number of methoxy groups -OCH3 is 2. The van der Waals surface area contributed by atoms with Gasteiger partial charge >= 0.3 is 0 Å². The normalized spacial score (nSPS) is 11.6. The lowest BCUT2D eigenvalue weighted by Crippen LogP contribution is -2.30. The van der Waals surface area contributed by atoms with Gasteiger partial charge in [-0.25, -0.2) is 0 Å². The molecule has 0 fully saturated rings. The Hall–Kier alpha value is -5.51. The molecule has 0 spiro atoms. The highest BCUT2D eigenvalue weighted by atomic mass is 35.5. The average molecular weight is 692 g/mol. The highest BCUT2D eigenvalue weighted by molar-refractivity contribution is 8.00. The van der Waals surface area contributed by atoms with Gasteiger partial charge in [-0.15, -0.1) is 11.8 Å². The van der Waals surface area contributed by atoms with E-state index < -0.39 is 17.1 Å². The molecule has 3 amide bonds. The summed E-state index contributed by atoms with van der Waals surface area (Å²) in [6, 6.07) is 35.9. The van der Waals surface area contributed by atoms with Crippen LogP contribution in [0.25, 0.3) is 6.08 Å². The van der Waals surface area contributed by atoms with Gasteiger partial charge in [-0.1, -0.05) is 72.3 Å². The third-order valence-corrected chi connectivity index (χ3v) is 9.05. The first-order valence-corrected chi connectivity index (χ1v) is 16.5. The topological polar surface area (TPSA) is 106 Å². The smallest absolute Gasteiger partial charge is 0.272 e. The summed E-state index contributed by atoms with van der Waals surface area (Å²) >= 11 is 7.64. The van der Waals surface area contributed by atoms with Crippen molar-refractivity contribution in [3.05, 3.63) is 154 Å². The summed E-state index contributed by atoms with van der Waals surface area (Å²) in [6.45, 7) is 1.86. The molecule has 5 aromatic carbocycles. The fourth-order valence-electron chi connectivity index (χ4n) is 4.82. The van der Waals surface area contributed by atoms with Gasteiger partial charge in [-0.05, 0) is 84.3 Å². The van der Waals surface area contributed by atoms with Crippen LogP contribution in [0.2, 0.25) is 5.02 Å². The van der Waals surface area contributed by atoms with Crippen LogP contribution in [0.4, 0.5) is 11.4 Å². The number of halogens is 1. The van der Waals surface area contributed by atoms with Crippen LogP contribution in [-0.2, 0) is 9.59 Å². The first kappa shape index (κ1) is 34.8. The zero-order valence-corrected chi connectivity index (χ0v) is 28.6. The van der Waals surface area contributed by atoms with Crippen molar-refractivity contribution in [2.45, 2.75) is 17.1 Å². The van der Waals surface area contributed by atoms with E-state index >= 15 is 0 Å². The number of nitrogens with one attached hydrogen (secondary N) is 3. The molecule has 1 unspecified atom stereocenters. The molecule has 0 aliphatic rings. The van der Waals surface area contributed by atoms with Crippen LogP contribution in [0.1, 0.15) is 32.3 Å². The van der Waals surface area contributed by atoms with E-state index in [1.807, 2.05) is 55.5 Å². The maximum Gasteiger partial charge on any atom is 0.272 e. The third kappa shape index (κ3) is 9.31. The van der Waals surface area contributed by atoms with Gasteiger partial charge in [0.25, 0.3) is 11.8 Å². The number of hydrogen-bond acceptors (Lipinski definition) is 6. The zero-order chi connectivity index (χ0) is 34.8. The average Bonchev–Trinajstić information content (AvgIpc) is 3.13. The van der Waals surface area contributed by atoms with Crippen LogP contribution in [0.5, 0.6) is 11.5 Å². The van der Waals surface area contributed by atoms with Gasteiger partial charge in [-0.3, -0.25) is 14.4 Å². The van der Waals surface area contributed by atoms with Gasteiger partial charge in [0.2, 0.25) is 5.91 Å². The lowest BCUT2D eigenvalue weighted by atomic mass is 10.1. The number of rotatable bonds is 12. The van der Waals surface area contributed by atoms with Crippen molar-refractivity contribution >= 4 is 58.5 Å². The molecule has 0 aliphatic heterocycles. The molecule has 49 heavy (non-hydrogen) atoms. The van der Waals surface area contributed by atoms with Crippen molar-refractivity contribution in [3.63, 3.8) is 0 Å².